The molecule has 6 heteroatoms. The summed E-state index contributed by atoms with van der Waals surface area (Å²) < 4.78 is 6.55. The van der Waals surface area contributed by atoms with Gasteiger partial charge in [0, 0.05) is 20.8 Å². The average molecular weight is 404 g/mol. The van der Waals surface area contributed by atoms with Gasteiger partial charge in [0.1, 0.15) is 16.9 Å². The van der Waals surface area contributed by atoms with E-state index in [-0.39, 0.29) is 17.1 Å². The van der Waals surface area contributed by atoms with Crippen molar-refractivity contribution in [3.8, 4) is 0 Å². The standard InChI is InChI=1S/C18H12BrClN2O2/c1-9(11-4-2-3-5-13(11)20)17-21-15-12-8-10(19)6-7-14(12)24-16(15)18(23)22-17/h2-9H,1H3,(H,21,22,23). The van der Waals surface area contributed by atoms with Crippen molar-refractivity contribution in [2.45, 2.75) is 12.8 Å². The molecule has 4 rings (SSSR count). The number of benzene rings is 2. The Morgan fingerprint density at radius 1 is 1.25 bits per heavy atom. The molecule has 0 spiro atoms. The molecular formula is C18H12BrClN2O2. The molecule has 0 amide bonds. The van der Waals surface area contributed by atoms with E-state index in [9.17, 15) is 4.79 Å². The Labute approximate surface area is 150 Å². The minimum atomic E-state index is -0.291. The van der Waals surface area contributed by atoms with E-state index in [1.807, 2.05) is 49.4 Å². The van der Waals surface area contributed by atoms with Gasteiger partial charge in [-0.15, -0.1) is 0 Å². The number of furan rings is 1. The summed E-state index contributed by atoms with van der Waals surface area (Å²) in [5.74, 6) is 0.413. The molecule has 1 N–H and O–H groups in total. The Morgan fingerprint density at radius 2 is 2.04 bits per heavy atom. The molecule has 2 heterocycles. The number of H-pyrrole nitrogens is 1. The van der Waals surface area contributed by atoms with Crippen LogP contribution in [0.1, 0.15) is 24.2 Å². The molecule has 0 aliphatic rings. The molecule has 1 unspecified atom stereocenters. The second-order valence-electron chi connectivity index (χ2n) is 5.61. The van der Waals surface area contributed by atoms with Gasteiger partial charge in [-0.25, -0.2) is 4.98 Å². The van der Waals surface area contributed by atoms with Crippen LogP contribution in [0.25, 0.3) is 22.1 Å². The third kappa shape index (κ3) is 2.44. The first-order chi connectivity index (χ1) is 11.5. The molecule has 4 aromatic rings. The molecule has 0 saturated carbocycles. The average Bonchev–Trinajstić information content (AvgIpc) is 2.93. The van der Waals surface area contributed by atoms with Crippen molar-refractivity contribution in [3.05, 3.63) is 73.7 Å². The molecular weight excluding hydrogens is 392 g/mol. The molecule has 0 aliphatic carbocycles. The molecule has 0 aliphatic heterocycles. The van der Waals surface area contributed by atoms with Crippen LogP contribution in [0.4, 0.5) is 0 Å². The summed E-state index contributed by atoms with van der Waals surface area (Å²) in [6, 6.07) is 13.1. The maximum absolute atomic E-state index is 12.4. The highest BCUT2D eigenvalue weighted by atomic mass is 79.9. The lowest BCUT2D eigenvalue weighted by atomic mass is 10.0. The number of aromatic nitrogens is 2. The molecule has 24 heavy (non-hydrogen) atoms. The van der Waals surface area contributed by atoms with Crippen LogP contribution < -0.4 is 5.56 Å². The van der Waals surface area contributed by atoms with Gasteiger partial charge in [-0.2, -0.15) is 0 Å². The fraction of sp³-hybridized carbons (Fsp3) is 0.111. The lowest BCUT2D eigenvalue weighted by Gasteiger charge is -2.12. The zero-order valence-electron chi connectivity index (χ0n) is 12.6. The van der Waals surface area contributed by atoms with Gasteiger partial charge in [0.15, 0.2) is 0 Å². The molecule has 0 fully saturated rings. The van der Waals surface area contributed by atoms with Crippen molar-refractivity contribution in [2.24, 2.45) is 0 Å². The SMILES string of the molecule is CC(c1nc2c(oc3ccc(Br)cc32)c(=O)[nH]1)c1ccccc1Cl. The molecule has 2 aromatic heterocycles. The van der Waals surface area contributed by atoms with Gasteiger partial charge in [0.05, 0.1) is 0 Å². The van der Waals surface area contributed by atoms with Crippen LogP contribution in [0, 0.1) is 0 Å². The summed E-state index contributed by atoms with van der Waals surface area (Å²) in [6.45, 7) is 1.96. The Hall–Kier alpha value is -2.11. The lowest BCUT2D eigenvalue weighted by Crippen LogP contribution is -2.13. The summed E-state index contributed by atoms with van der Waals surface area (Å²) in [7, 11) is 0. The lowest BCUT2D eigenvalue weighted by molar-refractivity contribution is 0.658. The molecule has 120 valence electrons. The van der Waals surface area contributed by atoms with Crippen LogP contribution in [0.15, 0.2) is 56.1 Å². The number of aromatic amines is 1. The van der Waals surface area contributed by atoms with Gasteiger partial charge >= 0.3 is 0 Å². The van der Waals surface area contributed by atoms with Crippen molar-refractivity contribution >= 4 is 49.6 Å². The van der Waals surface area contributed by atoms with Gasteiger partial charge in [-0.05, 0) is 29.8 Å². The minimum Gasteiger partial charge on any atom is -0.449 e. The van der Waals surface area contributed by atoms with Crippen molar-refractivity contribution < 1.29 is 4.42 Å². The Morgan fingerprint density at radius 3 is 2.83 bits per heavy atom. The summed E-state index contributed by atoms with van der Waals surface area (Å²) >= 11 is 9.72. The van der Waals surface area contributed by atoms with Gasteiger partial charge in [-0.3, -0.25) is 4.79 Å². The number of nitrogens with one attached hydrogen (secondary N) is 1. The Kier molecular flexibility index (Phi) is 3.70. The van der Waals surface area contributed by atoms with E-state index in [1.54, 1.807) is 0 Å². The number of hydrogen-bond donors (Lipinski definition) is 1. The van der Waals surface area contributed by atoms with E-state index in [2.05, 4.69) is 25.9 Å². The first kappa shape index (κ1) is 15.4. The quantitative estimate of drug-likeness (QED) is 0.498. The zero-order valence-corrected chi connectivity index (χ0v) is 15.0. The molecule has 4 nitrogen and oxygen atoms in total. The Balaban J connectivity index is 1.97. The van der Waals surface area contributed by atoms with E-state index in [0.29, 0.717) is 21.9 Å². The van der Waals surface area contributed by atoms with Gasteiger partial charge < -0.3 is 9.40 Å². The molecule has 2 aromatic carbocycles. The van der Waals surface area contributed by atoms with Crippen LogP contribution in [0.3, 0.4) is 0 Å². The van der Waals surface area contributed by atoms with Crippen molar-refractivity contribution in [2.75, 3.05) is 0 Å². The monoisotopic (exact) mass is 402 g/mol. The van der Waals surface area contributed by atoms with Crippen molar-refractivity contribution in [1.82, 2.24) is 9.97 Å². The second kappa shape index (κ2) is 5.76. The van der Waals surface area contributed by atoms with E-state index in [1.165, 1.54) is 0 Å². The highest BCUT2D eigenvalue weighted by molar-refractivity contribution is 9.10. The number of rotatable bonds is 2. The van der Waals surface area contributed by atoms with Crippen molar-refractivity contribution in [3.63, 3.8) is 0 Å². The van der Waals surface area contributed by atoms with E-state index >= 15 is 0 Å². The molecule has 0 bridgehead atoms. The van der Waals surface area contributed by atoms with Crippen LogP contribution >= 0.6 is 27.5 Å². The second-order valence-corrected chi connectivity index (χ2v) is 6.94. The number of fused-ring (bicyclic) bond motifs is 3. The number of hydrogen-bond acceptors (Lipinski definition) is 3. The smallest absolute Gasteiger partial charge is 0.294 e. The maximum Gasteiger partial charge on any atom is 0.294 e. The maximum atomic E-state index is 12.4. The summed E-state index contributed by atoms with van der Waals surface area (Å²) in [5, 5.41) is 1.45. The van der Waals surface area contributed by atoms with Crippen LogP contribution in [-0.2, 0) is 0 Å². The summed E-state index contributed by atoms with van der Waals surface area (Å²) in [4.78, 5) is 19.9. The van der Waals surface area contributed by atoms with Gasteiger partial charge in [0.25, 0.3) is 5.56 Å². The topological polar surface area (TPSA) is 58.9 Å². The Bertz CT molecular complexity index is 1130. The van der Waals surface area contributed by atoms with E-state index in [0.717, 1.165) is 15.4 Å². The molecule has 1 atom stereocenters. The first-order valence-corrected chi connectivity index (χ1v) is 8.58. The number of nitrogens with zero attached hydrogens (tertiary/aromatic N) is 1. The van der Waals surface area contributed by atoms with Crippen molar-refractivity contribution in [1.29, 1.82) is 0 Å². The van der Waals surface area contributed by atoms with E-state index < -0.39 is 0 Å². The fourth-order valence-electron chi connectivity index (χ4n) is 2.82. The molecule has 0 radical (unpaired) electrons. The highest BCUT2D eigenvalue weighted by Gasteiger charge is 2.18. The van der Waals surface area contributed by atoms with Crippen LogP contribution in [-0.4, -0.2) is 9.97 Å². The van der Waals surface area contributed by atoms with Gasteiger partial charge in [0.2, 0.25) is 5.58 Å². The third-order valence-corrected chi connectivity index (χ3v) is 4.92. The predicted molar refractivity (Wildman–Crippen MR) is 98.8 cm³/mol. The van der Waals surface area contributed by atoms with Crippen LogP contribution in [0.2, 0.25) is 5.02 Å². The van der Waals surface area contributed by atoms with E-state index in [4.69, 9.17) is 16.0 Å². The highest BCUT2D eigenvalue weighted by Crippen LogP contribution is 2.31. The third-order valence-electron chi connectivity index (χ3n) is 4.09. The fourth-order valence-corrected chi connectivity index (χ4v) is 3.48. The van der Waals surface area contributed by atoms with Gasteiger partial charge in [-0.1, -0.05) is 52.7 Å². The summed E-state index contributed by atoms with van der Waals surface area (Å²) in [6.07, 6.45) is 0. The number of halogens is 2. The predicted octanol–water partition coefficient (Wildman–Crippen LogP) is 5.24. The summed E-state index contributed by atoms with van der Waals surface area (Å²) in [5.41, 5.74) is 2.05. The largest absolute Gasteiger partial charge is 0.449 e. The molecule has 0 saturated heterocycles. The minimum absolute atomic E-state index is 0.145. The normalized spacial score (nSPS) is 12.8. The van der Waals surface area contributed by atoms with Crippen LogP contribution in [0.5, 0.6) is 0 Å². The first-order valence-electron chi connectivity index (χ1n) is 7.41. The zero-order chi connectivity index (χ0) is 16.8.